The minimum atomic E-state index is 0.363. The molecule has 1 fully saturated rings. The number of ether oxygens (including phenoxy) is 1. The minimum absolute atomic E-state index is 0.363. The topological polar surface area (TPSA) is 21.3 Å². The van der Waals surface area contributed by atoms with Crippen molar-refractivity contribution in [3.63, 3.8) is 0 Å². The predicted octanol–water partition coefficient (Wildman–Crippen LogP) is 2.92. The van der Waals surface area contributed by atoms with E-state index in [4.69, 9.17) is 4.74 Å². The largest absolute Gasteiger partial charge is 0.379 e. The first kappa shape index (κ1) is 14.3. The summed E-state index contributed by atoms with van der Waals surface area (Å²) in [7, 11) is 0. The Bertz CT molecular complexity index is 194. The van der Waals surface area contributed by atoms with Crippen molar-refractivity contribution in [1.82, 2.24) is 5.32 Å². The molecule has 0 amide bonds. The Morgan fingerprint density at radius 3 is 2.81 bits per heavy atom. The molecule has 3 heteroatoms. The number of hydrogen-bond acceptors (Lipinski definition) is 3. The van der Waals surface area contributed by atoms with Crippen LogP contribution in [-0.2, 0) is 4.74 Å². The summed E-state index contributed by atoms with van der Waals surface area (Å²) in [5.74, 6) is 2.58. The van der Waals surface area contributed by atoms with E-state index in [2.05, 4.69) is 44.8 Å². The molecule has 1 saturated heterocycles. The van der Waals surface area contributed by atoms with Gasteiger partial charge in [-0.2, -0.15) is 11.8 Å². The summed E-state index contributed by atoms with van der Waals surface area (Å²) < 4.78 is 5.54. The van der Waals surface area contributed by atoms with E-state index in [0.29, 0.717) is 17.6 Å². The van der Waals surface area contributed by atoms with E-state index in [0.717, 1.165) is 19.6 Å². The highest BCUT2D eigenvalue weighted by Gasteiger charge is 2.31. The smallest absolute Gasteiger partial charge is 0.0518 e. The fourth-order valence-corrected chi connectivity index (χ4v) is 3.58. The van der Waals surface area contributed by atoms with Crippen LogP contribution in [0.15, 0.2) is 0 Å². The monoisotopic (exact) mass is 245 g/mol. The molecule has 0 aromatic rings. The van der Waals surface area contributed by atoms with E-state index in [9.17, 15) is 0 Å². The highest BCUT2D eigenvalue weighted by atomic mass is 32.2. The van der Waals surface area contributed by atoms with Crippen molar-refractivity contribution in [2.45, 2.75) is 52.7 Å². The first-order chi connectivity index (χ1) is 7.52. The molecule has 1 N–H and O–H groups in total. The molecule has 1 rings (SSSR count). The van der Waals surface area contributed by atoms with Crippen LogP contribution in [0.4, 0.5) is 0 Å². The zero-order valence-corrected chi connectivity index (χ0v) is 12.0. The van der Waals surface area contributed by atoms with Gasteiger partial charge in [-0.1, -0.05) is 13.8 Å². The molecule has 0 spiro atoms. The van der Waals surface area contributed by atoms with E-state index in [-0.39, 0.29) is 0 Å². The SMILES string of the molecule is CC(C)OCCCNC1CSCCC1(C)C. The van der Waals surface area contributed by atoms with Gasteiger partial charge in [-0.25, -0.2) is 0 Å². The van der Waals surface area contributed by atoms with Crippen LogP contribution in [0, 0.1) is 5.41 Å². The molecule has 1 aliphatic heterocycles. The van der Waals surface area contributed by atoms with Crippen molar-refractivity contribution in [2.24, 2.45) is 5.41 Å². The van der Waals surface area contributed by atoms with Gasteiger partial charge in [0.15, 0.2) is 0 Å². The Balaban J connectivity index is 2.11. The van der Waals surface area contributed by atoms with Crippen molar-refractivity contribution in [2.75, 3.05) is 24.7 Å². The van der Waals surface area contributed by atoms with E-state index < -0.39 is 0 Å². The summed E-state index contributed by atoms with van der Waals surface area (Å²) >= 11 is 2.08. The van der Waals surface area contributed by atoms with Gasteiger partial charge in [0.1, 0.15) is 0 Å². The van der Waals surface area contributed by atoms with Crippen LogP contribution >= 0.6 is 11.8 Å². The number of hydrogen-bond donors (Lipinski definition) is 1. The van der Waals surface area contributed by atoms with E-state index in [1.54, 1.807) is 0 Å². The van der Waals surface area contributed by atoms with Gasteiger partial charge in [-0.15, -0.1) is 0 Å². The highest BCUT2D eigenvalue weighted by molar-refractivity contribution is 7.99. The van der Waals surface area contributed by atoms with Gasteiger partial charge < -0.3 is 10.1 Å². The van der Waals surface area contributed by atoms with Crippen molar-refractivity contribution in [3.8, 4) is 0 Å². The molecule has 0 aromatic heterocycles. The van der Waals surface area contributed by atoms with E-state index in [1.807, 2.05) is 0 Å². The lowest BCUT2D eigenvalue weighted by Crippen LogP contribution is -2.47. The number of rotatable bonds is 6. The van der Waals surface area contributed by atoms with Gasteiger partial charge in [0.05, 0.1) is 6.10 Å². The molecule has 1 unspecified atom stereocenters. The van der Waals surface area contributed by atoms with E-state index >= 15 is 0 Å². The summed E-state index contributed by atoms with van der Waals surface area (Å²) in [6.45, 7) is 10.9. The van der Waals surface area contributed by atoms with Gasteiger partial charge in [-0.05, 0) is 44.4 Å². The maximum Gasteiger partial charge on any atom is 0.0518 e. The fraction of sp³-hybridized carbons (Fsp3) is 1.00. The standard InChI is InChI=1S/C13H27NOS/c1-11(2)15-8-5-7-14-12-10-16-9-6-13(12,3)4/h11-12,14H,5-10H2,1-4H3. The summed E-state index contributed by atoms with van der Waals surface area (Å²) in [5, 5.41) is 3.68. The predicted molar refractivity (Wildman–Crippen MR) is 73.2 cm³/mol. The first-order valence-electron chi connectivity index (χ1n) is 6.45. The molecule has 0 saturated carbocycles. The van der Waals surface area contributed by atoms with Crippen LogP contribution in [0.1, 0.15) is 40.5 Å². The van der Waals surface area contributed by atoms with Gasteiger partial charge in [-0.3, -0.25) is 0 Å². The number of thioether (sulfide) groups is 1. The van der Waals surface area contributed by atoms with Crippen LogP contribution in [0.5, 0.6) is 0 Å². The van der Waals surface area contributed by atoms with Crippen molar-refractivity contribution in [1.29, 1.82) is 0 Å². The van der Waals surface area contributed by atoms with Crippen LogP contribution in [0.3, 0.4) is 0 Å². The summed E-state index contributed by atoms with van der Waals surface area (Å²) in [6, 6.07) is 0.672. The molecule has 0 aromatic carbocycles. The van der Waals surface area contributed by atoms with Crippen LogP contribution in [0.25, 0.3) is 0 Å². The molecule has 0 bridgehead atoms. The van der Waals surface area contributed by atoms with Crippen LogP contribution in [-0.4, -0.2) is 36.8 Å². The zero-order valence-electron chi connectivity index (χ0n) is 11.2. The Morgan fingerprint density at radius 1 is 1.44 bits per heavy atom. The normalized spacial score (nSPS) is 24.9. The fourth-order valence-electron chi connectivity index (χ4n) is 1.94. The molecule has 0 aliphatic carbocycles. The molecule has 0 radical (unpaired) electrons. The minimum Gasteiger partial charge on any atom is -0.379 e. The van der Waals surface area contributed by atoms with Crippen LogP contribution in [0.2, 0.25) is 0 Å². The number of nitrogens with one attached hydrogen (secondary N) is 1. The third-order valence-electron chi connectivity index (χ3n) is 3.28. The van der Waals surface area contributed by atoms with Gasteiger partial charge in [0.2, 0.25) is 0 Å². The second kappa shape index (κ2) is 6.87. The van der Waals surface area contributed by atoms with Crippen molar-refractivity contribution >= 4 is 11.8 Å². The average Bonchev–Trinajstić information content (AvgIpc) is 2.19. The first-order valence-corrected chi connectivity index (χ1v) is 7.60. The lowest BCUT2D eigenvalue weighted by Gasteiger charge is -2.39. The summed E-state index contributed by atoms with van der Waals surface area (Å²) in [4.78, 5) is 0. The Hall–Kier alpha value is 0.270. The maximum absolute atomic E-state index is 5.54. The van der Waals surface area contributed by atoms with Gasteiger partial charge in [0, 0.05) is 18.4 Å². The Morgan fingerprint density at radius 2 is 2.19 bits per heavy atom. The zero-order chi connectivity index (χ0) is 12.0. The van der Waals surface area contributed by atoms with E-state index in [1.165, 1.54) is 17.9 Å². The Kier molecular flexibility index (Phi) is 6.16. The highest BCUT2D eigenvalue weighted by Crippen LogP contribution is 2.33. The molecule has 1 heterocycles. The Labute approximate surface area is 105 Å². The average molecular weight is 245 g/mol. The van der Waals surface area contributed by atoms with Crippen LogP contribution < -0.4 is 5.32 Å². The van der Waals surface area contributed by atoms with Gasteiger partial charge >= 0.3 is 0 Å². The third kappa shape index (κ3) is 5.07. The summed E-state index contributed by atoms with van der Waals surface area (Å²) in [5.41, 5.74) is 0.462. The lowest BCUT2D eigenvalue weighted by molar-refractivity contribution is 0.0758. The van der Waals surface area contributed by atoms with Crippen molar-refractivity contribution < 1.29 is 4.74 Å². The maximum atomic E-state index is 5.54. The molecule has 2 nitrogen and oxygen atoms in total. The molecule has 1 atom stereocenters. The van der Waals surface area contributed by atoms with Crippen molar-refractivity contribution in [3.05, 3.63) is 0 Å². The quantitative estimate of drug-likeness (QED) is 0.727. The summed E-state index contributed by atoms with van der Waals surface area (Å²) in [6.07, 6.45) is 2.81. The third-order valence-corrected chi connectivity index (χ3v) is 4.34. The molecule has 1 aliphatic rings. The molecule has 16 heavy (non-hydrogen) atoms. The van der Waals surface area contributed by atoms with Gasteiger partial charge in [0.25, 0.3) is 0 Å². The second-order valence-corrected chi connectivity index (χ2v) is 6.74. The second-order valence-electron chi connectivity index (χ2n) is 5.59. The molecular formula is C13H27NOS. The molecular weight excluding hydrogens is 218 g/mol. The molecule has 96 valence electrons. The lowest BCUT2D eigenvalue weighted by atomic mass is 9.82.